The van der Waals surface area contributed by atoms with Gasteiger partial charge < -0.3 is 15.1 Å². The van der Waals surface area contributed by atoms with Crippen molar-refractivity contribution in [1.82, 2.24) is 15.2 Å². The maximum Gasteiger partial charge on any atom is 0.230 e. The van der Waals surface area contributed by atoms with E-state index in [0.29, 0.717) is 45.6 Å². The van der Waals surface area contributed by atoms with Crippen molar-refractivity contribution in [3.05, 3.63) is 24.1 Å². The van der Waals surface area contributed by atoms with E-state index in [4.69, 9.17) is 0 Å². The van der Waals surface area contributed by atoms with Crippen LogP contribution in [0.4, 0.5) is 10.2 Å². The van der Waals surface area contributed by atoms with E-state index in [1.165, 1.54) is 12.3 Å². The molecule has 1 aromatic heterocycles. The van der Waals surface area contributed by atoms with Crippen LogP contribution in [0.2, 0.25) is 0 Å². The molecule has 0 saturated carbocycles. The Hall–Kier alpha value is -2.18. The van der Waals surface area contributed by atoms with Crippen LogP contribution in [0, 0.1) is 11.2 Å². The van der Waals surface area contributed by atoms with Gasteiger partial charge in [0.05, 0.1) is 11.6 Å². The maximum atomic E-state index is 12.9. The second kappa shape index (κ2) is 6.14. The van der Waals surface area contributed by atoms with Gasteiger partial charge in [0.25, 0.3) is 0 Å². The minimum absolute atomic E-state index is 0.0162. The van der Waals surface area contributed by atoms with E-state index in [0.717, 1.165) is 5.82 Å². The van der Waals surface area contributed by atoms with Crippen LogP contribution in [-0.4, -0.2) is 54.4 Å². The van der Waals surface area contributed by atoms with Crippen molar-refractivity contribution in [2.45, 2.75) is 19.8 Å². The van der Waals surface area contributed by atoms with E-state index in [1.807, 2.05) is 16.7 Å². The number of nitrogens with zero attached hydrogens (tertiary/aromatic N) is 3. The first-order chi connectivity index (χ1) is 11.0. The zero-order valence-corrected chi connectivity index (χ0v) is 13.2. The number of rotatable bonds is 2. The lowest BCUT2D eigenvalue weighted by Crippen LogP contribution is -2.56. The molecule has 2 amide bonds. The molecule has 0 bridgehead atoms. The van der Waals surface area contributed by atoms with Gasteiger partial charge in [0.2, 0.25) is 11.8 Å². The summed E-state index contributed by atoms with van der Waals surface area (Å²) in [5.41, 5.74) is -0.510. The summed E-state index contributed by atoms with van der Waals surface area (Å²) in [6, 6.07) is 3.05. The highest BCUT2D eigenvalue weighted by molar-refractivity contribution is 5.86. The van der Waals surface area contributed by atoms with Gasteiger partial charge in [-0.05, 0) is 25.5 Å². The number of carbonyl (C=O) groups excluding carboxylic acids is 2. The molecule has 0 aliphatic carbocycles. The van der Waals surface area contributed by atoms with Crippen molar-refractivity contribution in [2.24, 2.45) is 5.41 Å². The van der Waals surface area contributed by atoms with Crippen molar-refractivity contribution in [2.75, 3.05) is 37.6 Å². The van der Waals surface area contributed by atoms with E-state index in [1.54, 1.807) is 6.07 Å². The summed E-state index contributed by atoms with van der Waals surface area (Å²) >= 11 is 0. The molecule has 124 valence electrons. The molecule has 1 N–H and O–H groups in total. The van der Waals surface area contributed by atoms with Crippen molar-refractivity contribution >= 4 is 17.6 Å². The quantitative estimate of drug-likeness (QED) is 0.875. The van der Waals surface area contributed by atoms with Gasteiger partial charge in [0.15, 0.2) is 0 Å². The van der Waals surface area contributed by atoms with E-state index in [2.05, 4.69) is 10.3 Å². The smallest absolute Gasteiger partial charge is 0.230 e. The number of hydrogen-bond acceptors (Lipinski definition) is 4. The minimum atomic E-state index is -0.510. The molecule has 1 aromatic rings. The van der Waals surface area contributed by atoms with Gasteiger partial charge in [-0.3, -0.25) is 9.59 Å². The average molecular weight is 320 g/mol. The first-order valence-corrected chi connectivity index (χ1v) is 7.90. The maximum absolute atomic E-state index is 12.9. The summed E-state index contributed by atoms with van der Waals surface area (Å²) in [7, 11) is 0. The Balaban J connectivity index is 1.59. The van der Waals surface area contributed by atoms with Gasteiger partial charge in [0, 0.05) is 39.1 Å². The topological polar surface area (TPSA) is 65.5 Å². The second-order valence-corrected chi connectivity index (χ2v) is 6.45. The molecule has 0 radical (unpaired) electrons. The summed E-state index contributed by atoms with van der Waals surface area (Å²) in [4.78, 5) is 32.0. The van der Waals surface area contributed by atoms with Gasteiger partial charge in [-0.2, -0.15) is 0 Å². The van der Waals surface area contributed by atoms with Gasteiger partial charge in [-0.25, -0.2) is 9.37 Å². The van der Waals surface area contributed by atoms with Crippen LogP contribution in [0.25, 0.3) is 0 Å². The first-order valence-electron chi connectivity index (χ1n) is 7.90. The van der Waals surface area contributed by atoms with E-state index in [9.17, 15) is 14.0 Å². The van der Waals surface area contributed by atoms with Gasteiger partial charge in [-0.1, -0.05) is 0 Å². The predicted molar refractivity (Wildman–Crippen MR) is 83.3 cm³/mol. The zero-order chi connectivity index (χ0) is 16.4. The highest BCUT2D eigenvalue weighted by Crippen LogP contribution is 2.29. The lowest BCUT2D eigenvalue weighted by Gasteiger charge is -2.41. The van der Waals surface area contributed by atoms with Crippen LogP contribution < -0.4 is 10.2 Å². The molecule has 3 heterocycles. The summed E-state index contributed by atoms with van der Waals surface area (Å²) in [6.07, 6.45) is 2.21. The average Bonchev–Trinajstić information content (AvgIpc) is 2.58. The molecule has 2 saturated heterocycles. The number of hydrogen-bond donors (Lipinski definition) is 1. The Bertz CT molecular complexity index is 587. The van der Waals surface area contributed by atoms with Crippen molar-refractivity contribution in [1.29, 1.82) is 0 Å². The molecule has 2 aliphatic rings. The van der Waals surface area contributed by atoms with Gasteiger partial charge >= 0.3 is 0 Å². The van der Waals surface area contributed by atoms with Crippen LogP contribution >= 0.6 is 0 Å². The van der Waals surface area contributed by atoms with Crippen LogP contribution in [0.5, 0.6) is 0 Å². The lowest BCUT2D eigenvalue weighted by atomic mass is 9.81. The molecule has 6 nitrogen and oxygen atoms in total. The van der Waals surface area contributed by atoms with Crippen LogP contribution in [0.15, 0.2) is 18.3 Å². The third-order valence-corrected chi connectivity index (χ3v) is 4.70. The van der Waals surface area contributed by atoms with E-state index >= 15 is 0 Å². The molecule has 2 aliphatic heterocycles. The van der Waals surface area contributed by atoms with Crippen LogP contribution in [0.3, 0.4) is 0 Å². The first kappa shape index (κ1) is 15.7. The summed E-state index contributed by atoms with van der Waals surface area (Å²) in [6.45, 7) is 4.90. The molecule has 1 atom stereocenters. The van der Waals surface area contributed by atoms with Gasteiger partial charge in [0.1, 0.15) is 11.6 Å². The van der Waals surface area contributed by atoms with E-state index in [-0.39, 0.29) is 17.6 Å². The van der Waals surface area contributed by atoms with Crippen molar-refractivity contribution in [3.63, 3.8) is 0 Å². The fraction of sp³-hybridized carbons (Fsp3) is 0.562. The van der Waals surface area contributed by atoms with Crippen LogP contribution in [0.1, 0.15) is 19.8 Å². The highest BCUT2D eigenvalue weighted by Gasteiger charge is 2.40. The predicted octanol–water partition coefficient (Wildman–Crippen LogP) is 0.786. The third-order valence-electron chi connectivity index (χ3n) is 4.70. The summed E-state index contributed by atoms with van der Waals surface area (Å²) in [5, 5.41) is 2.79. The number of pyridine rings is 1. The number of nitrogens with one attached hydrogen (secondary N) is 1. The molecule has 1 unspecified atom stereocenters. The molecule has 23 heavy (non-hydrogen) atoms. The van der Waals surface area contributed by atoms with Crippen molar-refractivity contribution < 1.29 is 14.0 Å². The Morgan fingerprint density at radius 1 is 1.30 bits per heavy atom. The van der Waals surface area contributed by atoms with Crippen molar-refractivity contribution in [3.8, 4) is 0 Å². The Morgan fingerprint density at radius 3 is 2.61 bits per heavy atom. The van der Waals surface area contributed by atoms with Crippen LogP contribution in [-0.2, 0) is 9.59 Å². The SMILES string of the molecule is CC1(C(=O)N2CCN(c3ccc(F)cn3)CC2)CCC(=O)NC1. The molecular weight excluding hydrogens is 299 g/mol. The molecule has 7 heteroatoms. The number of amides is 2. The molecule has 2 fully saturated rings. The minimum Gasteiger partial charge on any atom is -0.355 e. The fourth-order valence-electron chi connectivity index (χ4n) is 3.12. The Morgan fingerprint density at radius 2 is 2.04 bits per heavy atom. The molecular formula is C16H21FN4O2. The fourth-order valence-corrected chi connectivity index (χ4v) is 3.12. The third kappa shape index (κ3) is 3.28. The number of halogens is 1. The monoisotopic (exact) mass is 320 g/mol. The number of anilines is 1. The molecule has 0 aromatic carbocycles. The summed E-state index contributed by atoms with van der Waals surface area (Å²) in [5.74, 6) is 0.496. The van der Waals surface area contributed by atoms with E-state index < -0.39 is 5.41 Å². The largest absolute Gasteiger partial charge is 0.355 e. The molecule has 0 spiro atoms. The normalized spacial score (nSPS) is 25.2. The Kier molecular flexibility index (Phi) is 4.19. The number of aromatic nitrogens is 1. The second-order valence-electron chi connectivity index (χ2n) is 6.45. The number of carbonyl (C=O) groups is 2. The van der Waals surface area contributed by atoms with Gasteiger partial charge in [-0.15, -0.1) is 0 Å². The highest BCUT2D eigenvalue weighted by atomic mass is 19.1. The Labute approximate surface area is 134 Å². The standard InChI is InChI=1S/C16H21FN4O2/c1-16(5-4-14(22)19-11-16)15(23)21-8-6-20(7-9-21)13-3-2-12(17)10-18-13/h2-3,10H,4-9,11H2,1H3,(H,19,22). The number of piperidine rings is 1. The summed E-state index contributed by atoms with van der Waals surface area (Å²) < 4.78 is 12.9. The zero-order valence-electron chi connectivity index (χ0n) is 13.2. The molecule has 3 rings (SSSR count). The lowest BCUT2D eigenvalue weighted by molar-refractivity contribution is -0.144. The number of piperazine rings is 1.